The molecule has 0 spiro atoms. The van der Waals surface area contributed by atoms with Crippen molar-refractivity contribution < 1.29 is 17.9 Å². The largest absolute Gasteiger partial charge is 0.492 e. The van der Waals surface area contributed by atoms with Gasteiger partial charge in [0.05, 0.1) is 18.5 Å². The maximum Gasteiger partial charge on any atom is 0.211 e. The minimum atomic E-state index is -3.24. The molecule has 1 N–H and O–H groups in total. The second-order valence-electron chi connectivity index (χ2n) is 8.57. The zero-order valence-corrected chi connectivity index (χ0v) is 18.2. The van der Waals surface area contributed by atoms with Crippen LogP contribution in [-0.4, -0.2) is 63.6 Å². The van der Waals surface area contributed by atoms with Crippen molar-refractivity contribution in [1.29, 1.82) is 0 Å². The summed E-state index contributed by atoms with van der Waals surface area (Å²) in [5.41, 5.74) is 1.33. The molecule has 0 unspecified atom stereocenters. The Morgan fingerprint density at radius 3 is 2.69 bits per heavy atom. The number of hydrogen-bond acceptors (Lipinski definition) is 5. The maximum absolute atomic E-state index is 12.2. The molecule has 29 heavy (non-hydrogen) atoms. The number of benzene rings is 1. The molecule has 5 rings (SSSR count). The molecule has 3 heterocycles. The number of sulfonamides is 1. The standard InChI is InChI=1S/C22H34N2O4S/c1-2-29(25,26)23-20-7-5-13-24-14-15-27-22-8-4-3-6-19(22)17-9-11-18(12-10-17)28-16-21(20)24/h3-4,6,8,17-18,20-21,23H,2,5,7,9-16H2,1H3/t17?,18?,20-,21-/m0/s1. The lowest BCUT2D eigenvalue weighted by atomic mass is 9.82. The molecular weight excluding hydrogens is 388 g/mol. The van der Waals surface area contributed by atoms with Crippen LogP contribution in [-0.2, 0) is 14.8 Å². The first kappa shape index (κ1) is 21.1. The SMILES string of the molecule is CCS(=O)(=O)N[C@H]1CCCN2CCOc3ccccc3C3CCC(CC3)OC[C@@H]12. The van der Waals surface area contributed by atoms with Gasteiger partial charge >= 0.3 is 0 Å². The molecule has 162 valence electrons. The van der Waals surface area contributed by atoms with Crippen LogP contribution in [0.4, 0.5) is 0 Å². The number of hydrogen-bond donors (Lipinski definition) is 1. The van der Waals surface area contributed by atoms with Crippen molar-refractivity contribution in [1.82, 2.24) is 9.62 Å². The number of piperidine rings is 1. The van der Waals surface area contributed by atoms with E-state index in [9.17, 15) is 8.42 Å². The summed E-state index contributed by atoms with van der Waals surface area (Å²) in [7, 11) is -3.24. The maximum atomic E-state index is 12.2. The Bertz CT molecular complexity index is 777. The molecule has 2 bridgehead atoms. The van der Waals surface area contributed by atoms with E-state index in [0.29, 0.717) is 19.1 Å². The van der Waals surface area contributed by atoms with Crippen molar-refractivity contribution in [2.75, 3.05) is 32.1 Å². The van der Waals surface area contributed by atoms with Crippen LogP contribution in [0.25, 0.3) is 0 Å². The van der Waals surface area contributed by atoms with E-state index in [2.05, 4.69) is 27.8 Å². The van der Waals surface area contributed by atoms with Crippen LogP contribution in [0.2, 0.25) is 0 Å². The molecule has 0 amide bonds. The molecule has 1 saturated heterocycles. The van der Waals surface area contributed by atoms with E-state index < -0.39 is 10.0 Å². The van der Waals surface area contributed by atoms with Crippen LogP contribution < -0.4 is 9.46 Å². The third-order valence-electron chi connectivity index (χ3n) is 6.78. The molecule has 3 aliphatic heterocycles. The zero-order chi connectivity index (χ0) is 20.3. The highest BCUT2D eigenvalue weighted by atomic mass is 32.2. The van der Waals surface area contributed by atoms with E-state index >= 15 is 0 Å². The summed E-state index contributed by atoms with van der Waals surface area (Å²) >= 11 is 0. The van der Waals surface area contributed by atoms with Crippen molar-refractivity contribution in [3.63, 3.8) is 0 Å². The lowest BCUT2D eigenvalue weighted by Crippen LogP contribution is -2.58. The monoisotopic (exact) mass is 422 g/mol. The number of nitrogens with one attached hydrogen (secondary N) is 1. The van der Waals surface area contributed by atoms with Crippen molar-refractivity contribution >= 4 is 10.0 Å². The normalized spacial score (nSPS) is 31.5. The van der Waals surface area contributed by atoms with Gasteiger partial charge in [0.2, 0.25) is 10.0 Å². The average molecular weight is 423 g/mol. The van der Waals surface area contributed by atoms with Crippen LogP contribution in [0.3, 0.4) is 0 Å². The van der Waals surface area contributed by atoms with Gasteiger partial charge in [0.1, 0.15) is 12.4 Å². The smallest absolute Gasteiger partial charge is 0.211 e. The third kappa shape index (κ3) is 5.13. The van der Waals surface area contributed by atoms with Gasteiger partial charge in [-0.25, -0.2) is 13.1 Å². The summed E-state index contributed by atoms with van der Waals surface area (Å²) in [5, 5.41) is 0. The summed E-state index contributed by atoms with van der Waals surface area (Å²) in [5.74, 6) is 1.66. The molecule has 1 aromatic carbocycles. The van der Waals surface area contributed by atoms with Crippen LogP contribution in [0.5, 0.6) is 5.75 Å². The Morgan fingerprint density at radius 1 is 1.10 bits per heavy atom. The van der Waals surface area contributed by atoms with E-state index in [1.807, 2.05) is 6.07 Å². The molecule has 1 aliphatic carbocycles. The fourth-order valence-electron chi connectivity index (χ4n) is 5.07. The fourth-order valence-corrected chi connectivity index (χ4v) is 5.98. The summed E-state index contributed by atoms with van der Waals surface area (Å²) in [6, 6.07) is 8.41. The van der Waals surface area contributed by atoms with Gasteiger partial charge in [-0.2, -0.15) is 0 Å². The van der Waals surface area contributed by atoms with Gasteiger partial charge < -0.3 is 9.47 Å². The minimum Gasteiger partial charge on any atom is -0.492 e. The molecule has 0 radical (unpaired) electrons. The van der Waals surface area contributed by atoms with Gasteiger partial charge in [-0.3, -0.25) is 4.90 Å². The molecule has 7 heteroatoms. The Hall–Kier alpha value is -1.15. The number of fused-ring (bicyclic) bond motifs is 5. The lowest BCUT2D eigenvalue weighted by molar-refractivity contribution is -0.0284. The molecule has 1 aromatic rings. The highest BCUT2D eigenvalue weighted by Gasteiger charge is 2.35. The molecule has 6 nitrogen and oxygen atoms in total. The summed E-state index contributed by atoms with van der Waals surface area (Å²) in [6.45, 7) is 4.61. The number of para-hydroxylation sites is 1. The van der Waals surface area contributed by atoms with Crippen molar-refractivity contribution in [3.05, 3.63) is 29.8 Å². The van der Waals surface area contributed by atoms with Gasteiger partial charge in [0.25, 0.3) is 0 Å². The van der Waals surface area contributed by atoms with Gasteiger partial charge in [-0.05, 0) is 69.5 Å². The first-order chi connectivity index (χ1) is 14.1. The predicted molar refractivity (Wildman–Crippen MR) is 114 cm³/mol. The number of rotatable bonds is 3. The Balaban J connectivity index is 1.55. The van der Waals surface area contributed by atoms with E-state index in [1.165, 1.54) is 5.56 Å². The van der Waals surface area contributed by atoms with Crippen LogP contribution in [0, 0.1) is 0 Å². The molecule has 2 atom stereocenters. The Morgan fingerprint density at radius 2 is 1.90 bits per heavy atom. The van der Waals surface area contributed by atoms with Crippen molar-refractivity contribution in [3.8, 4) is 5.75 Å². The van der Waals surface area contributed by atoms with E-state index in [4.69, 9.17) is 9.47 Å². The second-order valence-corrected chi connectivity index (χ2v) is 10.6. The van der Waals surface area contributed by atoms with E-state index in [1.54, 1.807) is 6.92 Å². The van der Waals surface area contributed by atoms with E-state index in [0.717, 1.165) is 57.4 Å². The first-order valence-corrected chi connectivity index (χ1v) is 12.8. The van der Waals surface area contributed by atoms with Gasteiger partial charge in [0.15, 0.2) is 0 Å². The third-order valence-corrected chi connectivity index (χ3v) is 8.20. The second kappa shape index (κ2) is 9.33. The van der Waals surface area contributed by atoms with Gasteiger partial charge in [0, 0.05) is 18.6 Å². The zero-order valence-electron chi connectivity index (χ0n) is 17.4. The average Bonchev–Trinajstić information content (AvgIpc) is 2.75. The fraction of sp³-hybridized carbons (Fsp3) is 0.727. The summed E-state index contributed by atoms with van der Waals surface area (Å²) in [6.07, 6.45) is 6.45. The Kier molecular flexibility index (Phi) is 6.79. The van der Waals surface area contributed by atoms with Crippen LogP contribution in [0.1, 0.15) is 56.9 Å². The number of nitrogens with zero attached hydrogens (tertiary/aromatic N) is 1. The molecule has 2 fully saturated rings. The van der Waals surface area contributed by atoms with Crippen LogP contribution >= 0.6 is 0 Å². The molecular formula is C22H34N2O4S. The van der Waals surface area contributed by atoms with E-state index in [-0.39, 0.29) is 23.9 Å². The predicted octanol–water partition coefficient (Wildman–Crippen LogP) is 2.89. The van der Waals surface area contributed by atoms with Gasteiger partial charge in [-0.15, -0.1) is 0 Å². The number of ether oxygens (including phenoxy) is 2. The van der Waals surface area contributed by atoms with Crippen LogP contribution in [0.15, 0.2) is 24.3 Å². The highest BCUT2D eigenvalue weighted by Crippen LogP contribution is 2.38. The first-order valence-electron chi connectivity index (χ1n) is 11.1. The molecule has 4 aliphatic rings. The topological polar surface area (TPSA) is 67.9 Å². The molecule has 0 aromatic heterocycles. The lowest BCUT2D eigenvalue weighted by Gasteiger charge is -2.42. The highest BCUT2D eigenvalue weighted by molar-refractivity contribution is 7.89. The van der Waals surface area contributed by atoms with Crippen molar-refractivity contribution in [2.24, 2.45) is 0 Å². The quantitative estimate of drug-likeness (QED) is 0.811. The minimum absolute atomic E-state index is 0.0578. The Labute approximate surface area is 175 Å². The molecule has 1 saturated carbocycles. The van der Waals surface area contributed by atoms with Crippen molar-refractivity contribution in [2.45, 2.75) is 69.6 Å². The summed E-state index contributed by atoms with van der Waals surface area (Å²) < 4.78 is 40.0. The summed E-state index contributed by atoms with van der Waals surface area (Å²) in [4.78, 5) is 2.36. The van der Waals surface area contributed by atoms with Gasteiger partial charge in [-0.1, -0.05) is 18.2 Å².